The number of nitrogens with one attached hydrogen (secondary N) is 1. The molecule has 0 unspecified atom stereocenters. The second-order valence-electron chi connectivity index (χ2n) is 3.87. The number of phenols is 1. The number of hydrogen-bond donors (Lipinski definition) is 3. The zero-order valence-electron chi connectivity index (χ0n) is 9.51. The molecule has 0 heterocycles. The Kier molecular flexibility index (Phi) is 3.14. The summed E-state index contributed by atoms with van der Waals surface area (Å²) in [5, 5.41) is 13.8. The molecule has 18 heavy (non-hydrogen) atoms. The molecule has 0 spiro atoms. The maximum absolute atomic E-state index is 11.7. The normalized spacial score (nSPS) is 10.2. The second kappa shape index (κ2) is 4.75. The Morgan fingerprint density at radius 2 is 1.78 bits per heavy atom. The van der Waals surface area contributed by atoms with Crippen LogP contribution in [0.4, 0.5) is 0 Å². The van der Waals surface area contributed by atoms with Crippen molar-refractivity contribution in [3.8, 4) is 5.75 Å². The number of benzene rings is 2. The van der Waals surface area contributed by atoms with Crippen molar-refractivity contribution < 1.29 is 14.7 Å². The molecule has 5 nitrogen and oxygen atoms in total. The van der Waals surface area contributed by atoms with E-state index in [2.05, 4.69) is 5.32 Å². The van der Waals surface area contributed by atoms with E-state index in [9.17, 15) is 14.7 Å². The van der Waals surface area contributed by atoms with Crippen LogP contribution in [-0.4, -0.2) is 23.5 Å². The molecule has 0 radical (unpaired) electrons. The second-order valence-corrected chi connectivity index (χ2v) is 3.87. The summed E-state index contributed by atoms with van der Waals surface area (Å²) in [6, 6.07) is 10.4. The minimum Gasteiger partial charge on any atom is -0.507 e. The van der Waals surface area contributed by atoms with Crippen LogP contribution in [0.3, 0.4) is 0 Å². The fourth-order valence-electron chi connectivity index (χ4n) is 1.67. The molecule has 5 heteroatoms. The molecular weight excluding hydrogens is 232 g/mol. The van der Waals surface area contributed by atoms with Crippen molar-refractivity contribution in [3.05, 3.63) is 42.0 Å². The number of hydrogen-bond acceptors (Lipinski definition) is 3. The minimum atomic E-state index is -0.636. The lowest BCUT2D eigenvalue weighted by molar-refractivity contribution is -0.117. The van der Waals surface area contributed by atoms with Gasteiger partial charge in [-0.25, -0.2) is 0 Å². The summed E-state index contributed by atoms with van der Waals surface area (Å²) in [4.78, 5) is 22.3. The average molecular weight is 244 g/mol. The Labute approximate surface area is 103 Å². The third-order valence-corrected chi connectivity index (χ3v) is 2.53. The Hall–Kier alpha value is -2.56. The first-order valence-electron chi connectivity index (χ1n) is 5.36. The van der Waals surface area contributed by atoms with Crippen molar-refractivity contribution in [1.82, 2.24) is 5.32 Å². The van der Waals surface area contributed by atoms with E-state index >= 15 is 0 Å². The summed E-state index contributed by atoms with van der Waals surface area (Å²) in [5.74, 6) is -1.30. The third-order valence-electron chi connectivity index (χ3n) is 2.53. The largest absolute Gasteiger partial charge is 0.507 e. The Bertz CT molecular complexity index is 623. The Balaban J connectivity index is 2.35. The molecule has 0 saturated heterocycles. The molecular formula is C13H12N2O3. The molecule has 2 aromatic rings. The zero-order valence-corrected chi connectivity index (χ0v) is 9.51. The van der Waals surface area contributed by atoms with Crippen molar-refractivity contribution in [3.63, 3.8) is 0 Å². The summed E-state index contributed by atoms with van der Waals surface area (Å²) >= 11 is 0. The van der Waals surface area contributed by atoms with Crippen molar-refractivity contribution >= 4 is 22.6 Å². The van der Waals surface area contributed by atoms with Gasteiger partial charge >= 0.3 is 0 Å². The number of amides is 2. The van der Waals surface area contributed by atoms with Crippen LogP contribution in [0, 0.1) is 0 Å². The Morgan fingerprint density at radius 3 is 2.39 bits per heavy atom. The van der Waals surface area contributed by atoms with Gasteiger partial charge in [0.2, 0.25) is 5.91 Å². The van der Waals surface area contributed by atoms with E-state index in [4.69, 9.17) is 5.73 Å². The molecule has 2 amide bonds. The molecule has 0 aromatic heterocycles. The standard InChI is InChI=1S/C13H12N2O3/c14-12(17)7-15-13(18)10-5-8-3-1-2-4-9(8)6-11(10)16/h1-6,16H,7H2,(H2,14,17)(H,15,18). The monoisotopic (exact) mass is 244 g/mol. The quantitative estimate of drug-likeness (QED) is 0.744. The van der Waals surface area contributed by atoms with Gasteiger partial charge in [-0.2, -0.15) is 0 Å². The lowest BCUT2D eigenvalue weighted by Crippen LogP contribution is -2.33. The first-order chi connectivity index (χ1) is 8.58. The van der Waals surface area contributed by atoms with Crippen molar-refractivity contribution in [1.29, 1.82) is 0 Å². The van der Waals surface area contributed by atoms with Gasteiger partial charge in [0.1, 0.15) is 5.75 Å². The Morgan fingerprint density at radius 1 is 1.17 bits per heavy atom. The van der Waals surface area contributed by atoms with Gasteiger partial charge in [0.15, 0.2) is 0 Å². The molecule has 0 aliphatic carbocycles. The number of primary amides is 1. The maximum atomic E-state index is 11.7. The van der Waals surface area contributed by atoms with Crippen LogP contribution >= 0.6 is 0 Å². The zero-order chi connectivity index (χ0) is 13.1. The molecule has 0 aliphatic rings. The summed E-state index contributed by atoms with van der Waals surface area (Å²) in [6.07, 6.45) is 0. The van der Waals surface area contributed by atoms with Crippen LogP contribution in [-0.2, 0) is 4.79 Å². The van der Waals surface area contributed by atoms with Crippen LogP contribution < -0.4 is 11.1 Å². The molecule has 0 atom stereocenters. The average Bonchev–Trinajstić information content (AvgIpc) is 2.35. The van der Waals surface area contributed by atoms with E-state index < -0.39 is 11.8 Å². The highest BCUT2D eigenvalue weighted by atomic mass is 16.3. The highest BCUT2D eigenvalue weighted by Gasteiger charge is 2.12. The van der Waals surface area contributed by atoms with E-state index in [1.165, 1.54) is 6.07 Å². The van der Waals surface area contributed by atoms with Crippen LogP contribution in [0.15, 0.2) is 36.4 Å². The summed E-state index contributed by atoms with van der Waals surface area (Å²) in [6.45, 7) is -0.259. The van der Waals surface area contributed by atoms with Crippen molar-refractivity contribution in [2.24, 2.45) is 5.73 Å². The fourth-order valence-corrected chi connectivity index (χ4v) is 1.67. The number of carbonyl (C=O) groups excluding carboxylic acids is 2. The van der Waals surface area contributed by atoms with Gasteiger partial charge in [0.25, 0.3) is 5.91 Å². The summed E-state index contributed by atoms with van der Waals surface area (Å²) < 4.78 is 0. The fraction of sp³-hybridized carbons (Fsp3) is 0.0769. The van der Waals surface area contributed by atoms with Gasteiger partial charge in [-0.3, -0.25) is 9.59 Å². The van der Waals surface area contributed by atoms with Crippen LogP contribution in [0.1, 0.15) is 10.4 Å². The van der Waals surface area contributed by atoms with E-state index in [1.807, 2.05) is 24.3 Å². The van der Waals surface area contributed by atoms with E-state index in [0.717, 1.165) is 10.8 Å². The van der Waals surface area contributed by atoms with Crippen LogP contribution in [0.25, 0.3) is 10.8 Å². The number of nitrogens with two attached hydrogens (primary N) is 1. The first-order valence-corrected chi connectivity index (χ1v) is 5.36. The molecule has 0 saturated carbocycles. The minimum absolute atomic E-state index is 0.120. The van der Waals surface area contributed by atoms with Gasteiger partial charge in [-0.1, -0.05) is 24.3 Å². The molecule has 0 aliphatic heterocycles. The summed E-state index contributed by atoms with van der Waals surface area (Å²) in [5.41, 5.74) is 5.05. The molecule has 4 N–H and O–H groups in total. The maximum Gasteiger partial charge on any atom is 0.255 e. The molecule has 0 fully saturated rings. The van der Waals surface area contributed by atoms with Gasteiger partial charge in [-0.05, 0) is 22.9 Å². The topological polar surface area (TPSA) is 92.4 Å². The lowest BCUT2D eigenvalue weighted by Gasteiger charge is -2.07. The third kappa shape index (κ3) is 2.40. The van der Waals surface area contributed by atoms with Crippen molar-refractivity contribution in [2.45, 2.75) is 0 Å². The van der Waals surface area contributed by atoms with Gasteiger partial charge in [0.05, 0.1) is 12.1 Å². The predicted octanol–water partition coefficient (Wildman–Crippen LogP) is 0.760. The SMILES string of the molecule is NC(=O)CNC(=O)c1cc2ccccc2cc1O. The van der Waals surface area contributed by atoms with Crippen LogP contribution in [0.5, 0.6) is 5.75 Å². The van der Waals surface area contributed by atoms with Crippen LogP contribution in [0.2, 0.25) is 0 Å². The number of phenolic OH excluding ortho intramolecular Hbond substituents is 1. The highest BCUT2D eigenvalue weighted by Crippen LogP contribution is 2.24. The smallest absolute Gasteiger partial charge is 0.255 e. The lowest BCUT2D eigenvalue weighted by atomic mass is 10.1. The predicted molar refractivity (Wildman–Crippen MR) is 67.1 cm³/mol. The molecule has 2 rings (SSSR count). The molecule has 0 bridgehead atoms. The van der Waals surface area contributed by atoms with Gasteiger partial charge < -0.3 is 16.2 Å². The number of aromatic hydroxyl groups is 1. The first kappa shape index (κ1) is 11.9. The van der Waals surface area contributed by atoms with E-state index in [0.29, 0.717) is 0 Å². The molecule has 2 aromatic carbocycles. The van der Waals surface area contributed by atoms with E-state index in [-0.39, 0.29) is 17.9 Å². The summed E-state index contributed by atoms with van der Waals surface area (Å²) in [7, 11) is 0. The van der Waals surface area contributed by atoms with Gasteiger partial charge in [-0.15, -0.1) is 0 Å². The number of carbonyl (C=O) groups is 2. The number of fused-ring (bicyclic) bond motifs is 1. The number of rotatable bonds is 3. The highest BCUT2D eigenvalue weighted by molar-refractivity contribution is 6.02. The van der Waals surface area contributed by atoms with Crippen molar-refractivity contribution in [2.75, 3.05) is 6.54 Å². The van der Waals surface area contributed by atoms with Gasteiger partial charge in [0, 0.05) is 0 Å². The van der Waals surface area contributed by atoms with E-state index in [1.54, 1.807) is 6.07 Å². The molecule has 92 valence electrons.